The van der Waals surface area contributed by atoms with Crippen LogP contribution in [0.3, 0.4) is 0 Å². The summed E-state index contributed by atoms with van der Waals surface area (Å²) in [6, 6.07) is 11.0. The summed E-state index contributed by atoms with van der Waals surface area (Å²) in [4.78, 5) is 15.4. The number of rotatable bonds is 3. The van der Waals surface area contributed by atoms with Gasteiger partial charge in [0.2, 0.25) is 0 Å². The number of hydrogen-bond acceptors (Lipinski definition) is 4. The van der Waals surface area contributed by atoms with E-state index in [1.54, 1.807) is 12.1 Å². The molecule has 1 heterocycles. The van der Waals surface area contributed by atoms with Crippen LogP contribution in [0.1, 0.15) is 5.69 Å². The Bertz CT molecular complexity index is 714. The number of methoxy groups -OCH3 is 1. The number of hydrogen-bond donors (Lipinski definition) is 1. The first-order valence-corrected chi connectivity index (χ1v) is 5.51. The van der Waals surface area contributed by atoms with E-state index in [1.165, 1.54) is 13.2 Å². The molecule has 0 spiro atoms. The quantitative estimate of drug-likeness (QED) is 0.665. The van der Waals surface area contributed by atoms with Gasteiger partial charge in [0.25, 0.3) is 5.91 Å². The monoisotopic (exact) mass is 253 g/mol. The van der Waals surface area contributed by atoms with Crippen molar-refractivity contribution in [1.82, 2.24) is 4.98 Å². The maximum Gasteiger partial charge on any atom is 0.259 e. The minimum absolute atomic E-state index is 0.166. The first-order chi connectivity index (χ1) is 9.15. The van der Waals surface area contributed by atoms with Gasteiger partial charge in [-0.25, -0.2) is 4.98 Å². The summed E-state index contributed by atoms with van der Waals surface area (Å²) >= 11 is 0. The molecule has 19 heavy (non-hydrogen) atoms. The molecule has 0 unspecified atom stereocenters. The normalized spacial score (nSPS) is 11.1. The van der Waals surface area contributed by atoms with Crippen LogP contribution in [-0.2, 0) is 4.79 Å². The van der Waals surface area contributed by atoms with E-state index in [0.717, 1.165) is 10.9 Å². The van der Waals surface area contributed by atoms with Gasteiger partial charge in [-0.15, -0.1) is 0 Å². The van der Waals surface area contributed by atoms with Crippen molar-refractivity contribution >= 4 is 22.9 Å². The highest BCUT2D eigenvalue weighted by atomic mass is 16.5. The van der Waals surface area contributed by atoms with Crippen LogP contribution in [0.4, 0.5) is 0 Å². The number of amides is 1. The average Bonchev–Trinajstić information content (AvgIpc) is 2.43. The van der Waals surface area contributed by atoms with Crippen molar-refractivity contribution in [3.05, 3.63) is 41.6 Å². The summed E-state index contributed by atoms with van der Waals surface area (Å²) in [5.74, 6) is -0.313. The molecular formula is C14H11N3O2. The van der Waals surface area contributed by atoms with Gasteiger partial charge in [0.05, 0.1) is 12.6 Å². The molecule has 94 valence electrons. The maximum absolute atomic E-state index is 11.1. The molecule has 0 aliphatic rings. The zero-order chi connectivity index (χ0) is 13.8. The number of para-hydroxylation sites is 1. The van der Waals surface area contributed by atoms with Crippen molar-refractivity contribution in [2.45, 2.75) is 0 Å². The number of ether oxygens (including phenoxy) is 1. The molecule has 0 aliphatic carbocycles. The van der Waals surface area contributed by atoms with Crippen LogP contribution in [0, 0.1) is 11.3 Å². The van der Waals surface area contributed by atoms with Crippen molar-refractivity contribution < 1.29 is 9.53 Å². The second kappa shape index (κ2) is 5.19. The predicted octanol–water partition coefficient (Wildman–Crippen LogP) is 1.64. The molecule has 5 heteroatoms. The maximum atomic E-state index is 11.1. The Balaban J connectivity index is 2.65. The number of nitrogens with zero attached hydrogens (tertiary/aromatic N) is 2. The smallest absolute Gasteiger partial charge is 0.259 e. The van der Waals surface area contributed by atoms with Crippen molar-refractivity contribution in [2.24, 2.45) is 5.73 Å². The van der Waals surface area contributed by atoms with E-state index < -0.39 is 5.91 Å². The van der Waals surface area contributed by atoms with Crippen LogP contribution in [0.15, 0.2) is 35.9 Å². The molecule has 2 rings (SSSR count). The Kier molecular flexibility index (Phi) is 3.44. The van der Waals surface area contributed by atoms with Crippen molar-refractivity contribution in [3.8, 4) is 11.8 Å². The van der Waals surface area contributed by atoms with E-state index in [4.69, 9.17) is 15.7 Å². The third-order valence-corrected chi connectivity index (χ3v) is 2.60. The fourth-order valence-electron chi connectivity index (χ4n) is 1.67. The molecule has 1 aromatic heterocycles. The van der Waals surface area contributed by atoms with Crippen LogP contribution in [0.5, 0.6) is 5.75 Å². The Labute approximate surface area is 109 Å². The number of aromatic nitrogens is 1. The summed E-state index contributed by atoms with van der Waals surface area (Å²) in [5, 5.41) is 9.76. The van der Waals surface area contributed by atoms with Crippen LogP contribution in [-0.4, -0.2) is 18.0 Å². The number of benzene rings is 1. The van der Waals surface area contributed by atoms with E-state index >= 15 is 0 Å². The standard InChI is InChI=1S/C14H11N3O2/c1-19-13-7-9-4-2-3-5-11(9)17-12(13)6-10(8-15)14(16)18/h2-7H,1H3,(H2,16,18)/b10-6+. The summed E-state index contributed by atoms with van der Waals surface area (Å²) in [5.41, 5.74) is 6.08. The van der Waals surface area contributed by atoms with E-state index in [0.29, 0.717) is 11.4 Å². The second-order valence-electron chi connectivity index (χ2n) is 3.80. The number of carbonyl (C=O) groups excluding carboxylic acids is 1. The lowest BCUT2D eigenvalue weighted by Gasteiger charge is -2.06. The van der Waals surface area contributed by atoms with E-state index in [-0.39, 0.29) is 5.57 Å². The molecular weight excluding hydrogens is 242 g/mol. The lowest BCUT2D eigenvalue weighted by Crippen LogP contribution is -2.12. The minimum Gasteiger partial charge on any atom is -0.494 e. The zero-order valence-corrected chi connectivity index (χ0v) is 10.3. The molecule has 1 amide bonds. The van der Waals surface area contributed by atoms with Crippen LogP contribution in [0.25, 0.3) is 17.0 Å². The largest absolute Gasteiger partial charge is 0.494 e. The number of carbonyl (C=O) groups is 1. The third-order valence-electron chi connectivity index (χ3n) is 2.60. The first kappa shape index (κ1) is 12.6. The van der Waals surface area contributed by atoms with Crippen LogP contribution in [0.2, 0.25) is 0 Å². The van der Waals surface area contributed by atoms with Gasteiger partial charge in [-0.3, -0.25) is 4.79 Å². The van der Waals surface area contributed by atoms with Gasteiger partial charge in [-0.1, -0.05) is 18.2 Å². The highest BCUT2D eigenvalue weighted by Gasteiger charge is 2.09. The Morgan fingerprint density at radius 3 is 2.84 bits per heavy atom. The Morgan fingerprint density at radius 1 is 1.47 bits per heavy atom. The third kappa shape index (κ3) is 2.53. The fourth-order valence-corrected chi connectivity index (χ4v) is 1.67. The second-order valence-corrected chi connectivity index (χ2v) is 3.80. The van der Waals surface area contributed by atoms with Gasteiger partial charge in [0, 0.05) is 5.39 Å². The average molecular weight is 253 g/mol. The highest BCUT2D eigenvalue weighted by Crippen LogP contribution is 2.24. The Hall–Kier alpha value is -2.87. The fraction of sp³-hybridized carbons (Fsp3) is 0.0714. The Morgan fingerprint density at radius 2 is 2.21 bits per heavy atom. The van der Waals surface area contributed by atoms with Crippen molar-refractivity contribution in [2.75, 3.05) is 7.11 Å². The van der Waals surface area contributed by atoms with Crippen LogP contribution < -0.4 is 10.5 Å². The molecule has 1 aromatic carbocycles. The van der Waals surface area contributed by atoms with Crippen LogP contribution >= 0.6 is 0 Å². The van der Waals surface area contributed by atoms with Gasteiger partial charge in [-0.2, -0.15) is 5.26 Å². The van der Waals surface area contributed by atoms with E-state index in [2.05, 4.69) is 4.98 Å². The van der Waals surface area contributed by atoms with Gasteiger partial charge < -0.3 is 10.5 Å². The first-order valence-electron chi connectivity index (χ1n) is 5.51. The SMILES string of the molecule is COc1cc2ccccc2nc1/C=C(\C#N)C(N)=O. The molecule has 2 N–H and O–H groups in total. The summed E-state index contributed by atoms with van der Waals surface area (Å²) in [6.07, 6.45) is 1.33. The number of primary amides is 1. The van der Waals surface area contributed by atoms with E-state index in [9.17, 15) is 4.79 Å². The summed E-state index contributed by atoms with van der Waals surface area (Å²) in [6.45, 7) is 0. The van der Waals surface area contributed by atoms with Gasteiger partial charge in [-0.05, 0) is 18.2 Å². The van der Waals surface area contributed by atoms with Gasteiger partial charge in [0.15, 0.2) is 0 Å². The summed E-state index contributed by atoms with van der Waals surface area (Å²) < 4.78 is 5.21. The number of nitrogens with two attached hydrogens (primary N) is 1. The topological polar surface area (TPSA) is 89.0 Å². The van der Waals surface area contributed by atoms with Crippen molar-refractivity contribution in [1.29, 1.82) is 5.26 Å². The zero-order valence-electron chi connectivity index (χ0n) is 10.3. The molecule has 0 atom stereocenters. The van der Waals surface area contributed by atoms with Gasteiger partial charge in [0.1, 0.15) is 23.1 Å². The molecule has 0 saturated heterocycles. The van der Waals surface area contributed by atoms with Crippen molar-refractivity contribution in [3.63, 3.8) is 0 Å². The molecule has 5 nitrogen and oxygen atoms in total. The number of fused-ring (bicyclic) bond motifs is 1. The highest BCUT2D eigenvalue weighted by molar-refractivity contribution is 6.01. The number of pyridine rings is 1. The summed E-state index contributed by atoms with van der Waals surface area (Å²) in [7, 11) is 1.50. The predicted molar refractivity (Wildman–Crippen MR) is 71.1 cm³/mol. The molecule has 0 bridgehead atoms. The molecule has 0 saturated carbocycles. The van der Waals surface area contributed by atoms with E-state index in [1.807, 2.05) is 24.3 Å². The minimum atomic E-state index is -0.792. The number of nitriles is 1. The molecule has 0 aliphatic heterocycles. The lowest BCUT2D eigenvalue weighted by molar-refractivity contribution is -0.114. The molecule has 2 aromatic rings. The lowest BCUT2D eigenvalue weighted by atomic mass is 10.1. The molecule has 0 radical (unpaired) electrons. The molecule has 0 fully saturated rings. The van der Waals surface area contributed by atoms with Gasteiger partial charge >= 0.3 is 0 Å².